The zero-order valence-electron chi connectivity index (χ0n) is 12.2. The van der Waals surface area contributed by atoms with Crippen molar-refractivity contribution in [2.75, 3.05) is 6.54 Å². The van der Waals surface area contributed by atoms with Gasteiger partial charge in [-0.2, -0.15) is 4.98 Å². The Morgan fingerprint density at radius 1 is 1.14 bits per heavy atom. The first kappa shape index (κ1) is 13.0. The molecule has 2 bridgehead atoms. The summed E-state index contributed by atoms with van der Waals surface area (Å²) in [5.74, 6) is 3.78. The van der Waals surface area contributed by atoms with Gasteiger partial charge in [0.05, 0.1) is 0 Å². The number of hydrogen-bond acceptors (Lipinski definition) is 4. The molecule has 3 unspecified atom stereocenters. The summed E-state index contributed by atoms with van der Waals surface area (Å²) in [5.41, 5.74) is 7.81. The first-order valence-corrected chi connectivity index (χ1v) is 7.96. The number of hydrogen-bond donors (Lipinski definition) is 1. The Labute approximate surface area is 124 Å². The molecule has 2 N–H and O–H groups in total. The average Bonchev–Trinajstić information content (AvgIpc) is 3.24. The molecule has 3 atom stereocenters. The van der Waals surface area contributed by atoms with Gasteiger partial charge in [0.1, 0.15) is 0 Å². The van der Waals surface area contributed by atoms with Crippen LogP contribution in [0.1, 0.15) is 43.0 Å². The summed E-state index contributed by atoms with van der Waals surface area (Å²) in [6.07, 6.45) is 6.25. The molecule has 1 aromatic carbocycles. The Balaban J connectivity index is 1.54. The molecular weight excluding hydrogens is 262 g/mol. The van der Waals surface area contributed by atoms with E-state index in [1.807, 2.05) is 12.1 Å². The molecule has 110 valence electrons. The minimum atomic E-state index is 0.526. The van der Waals surface area contributed by atoms with Crippen LogP contribution in [0.5, 0.6) is 0 Å². The molecule has 2 aromatic rings. The number of rotatable bonds is 4. The number of benzene rings is 1. The second kappa shape index (κ2) is 5.26. The molecule has 2 fully saturated rings. The van der Waals surface area contributed by atoms with Crippen LogP contribution in [0, 0.1) is 11.8 Å². The molecule has 4 nitrogen and oxygen atoms in total. The second-order valence-electron chi connectivity index (χ2n) is 6.47. The van der Waals surface area contributed by atoms with Gasteiger partial charge in [-0.05, 0) is 61.8 Å². The maximum atomic E-state index is 5.57. The van der Waals surface area contributed by atoms with Crippen LogP contribution in [0.3, 0.4) is 0 Å². The SMILES string of the molecule is NCCc1ccc(-c2nc(C3CC4CCC3C4)no2)cc1. The van der Waals surface area contributed by atoms with Crippen LogP contribution in [0.15, 0.2) is 28.8 Å². The molecule has 2 saturated carbocycles. The van der Waals surface area contributed by atoms with E-state index in [0.717, 1.165) is 29.6 Å². The molecule has 2 aliphatic carbocycles. The van der Waals surface area contributed by atoms with Crippen molar-refractivity contribution in [2.45, 2.75) is 38.0 Å². The zero-order valence-corrected chi connectivity index (χ0v) is 12.2. The highest BCUT2D eigenvalue weighted by Crippen LogP contribution is 2.52. The fourth-order valence-electron chi connectivity index (χ4n) is 4.04. The number of nitrogens with two attached hydrogens (primary N) is 1. The largest absolute Gasteiger partial charge is 0.334 e. The highest BCUT2D eigenvalue weighted by molar-refractivity contribution is 5.53. The maximum Gasteiger partial charge on any atom is 0.257 e. The summed E-state index contributed by atoms with van der Waals surface area (Å²) < 4.78 is 5.48. The summed E-state index contributed by atoms with van der Waals surface area (Å²) in [6.45, 7) is 0.675. The van der Waals surface area contributed by atoms with Crippen LogP contribution < -0.4 is 5.73 Å². The molecule has 1 aromatic heterocycles. The van der Waals surface area contributed by atoms with Crippen LogP contribution in [0.2, 0.25) is 0 Å². The van der Waals surface area contributed by atoms with Crippen molar-refractivity contribution in [1.82, 2.24) is 10.1 Å². The zero-order chi connectivity index (χ0) is 14.2. The van der Waals surface area contributed by atoms with Crippen molar-refractivity contribution in [3.8, 4) is 11.5 Å². The Bertz CT molecular complexity index is 619. The third-order valence-electron chi connectivity index (χ3n) is 5.15. The summed E-state index contributed by atoms with van der Waals surface area (Å²) in [4.78, 5) is 4.65. The van der Waals surface area contributed by atoms with Gasteiger partial charge in [0, 0.05) is 11.5 Å². The second-order valence-corrected chi connectivity index (χ2v) is 6.47. The summed E-state index contributed by atoms with van der Waals surface area (Å²) in [7, 11) is 0. The minimum absolute atomic E-state index is 0.526. The molecule has 21 heavy (non-hydrogen) atoms. The molecule has 0 amide bonds. The van der Waals surface area contributed by atoms with E-state index in [1.165, 1.54) is 31.2 Å². The summed E-state index contributed by atoms with van der Waals surface area (Å²) in [5, 5.41) is 4.25. The van der Waals surface area contributed by atoms with Gasteiger partial charge in [-0.15, -0.1) is 0 Å². The third-order valence-corrected chi connectivity index (χ3v) is 5.15. The van der Waals surface area contributed by atoms with E-state index >= 15 is 0 Å². The topological polar surface area (TPSA) is 64.9 Å². The minimum Gasteiger partial charge on any atom is -0.334 e. The van der Waals surface area contributed by atoms with E-state index in [4.69, 9.17) is 10.3 Å². The van der Waals surface area contributed by atoms with E-state index in [0.29, 0.717) is 18.4 Å². The van der Waals surface area contributed by atoms with Crippen LogP contribution in [0.4, 0.5) is 0 Å². The number of nitrogens with zero attached hydrogens (tertiary/aromatic N) is 2. The van der Waals surface area contributed by atoms with E-state index in [9.17, 15) is 0 Å². The first-order chi connectivity index (χ1) is 10.3. The van der Waals surface area contributed by atoms with Gasteiger partial charge in [0.15, 0.2) is 5.82 Å². The van der Waals surface area contributed by atoms with Crippen LogP contribution in [-0.2, 0) is 6.42 Å². The smallest absolute Gasteiger partial charge is 0.257 e. The molecule has 0 radical (unpaired) electrons. The Kier molecular flexibility index (Phi) is 3.26. The van der Waals surface area contributed by atoms with Crippen LogP contribution in [0.25, 0.3) is 11.5 Å². The molecular formula is C17H21N3O. The normalized spacial score (nSPS) is 27.4. The maximum absolute atomic E-state index is 5.57. The molecule has 0 aliphatic heterocycles. The van der Waals surface area contributed by atoms with Gasteiger partial charge in [-0.25, -0.2) is 0 Å². The van der Waals surface area contributed by atoms with E-state index < -0.39 is 0 Å². The van der Waals surface area contributed by atoms with Crippen molar-refractivity contribution in [3.63, 3.8) is 0 Å². The van der Waals surface area contributed by atoms with Gasteiger partial charge >= 0.3 is 0 Å². The summed E-state index contributed by atoms with van der Waals surface area (Å²) >= 11 is 0. The molecule has 1 heterocycles. The number of fused-ring (bicyclic) bond motifs is 2. The lowest BCUT2D eigenvalue weighted by molar-refractivity contribution is 0.372. The average molecular weight is 283 g/mol. The highest BCUT2D eigenvalue weighted by atomic mass is 16.5. The highest BCUT2D eigenvalue weighted by Gasteiger charge is 2.42. The van der Waals surface area contributed by atoms with Crippen molar-refractivity contribution < 1.29 is 4.52 Å². The van der Waals surface area contributed by atoms with Gasteiger partial charge in [-0.1, -0.05) is 23.7 Å². The van der Waals surface area contributed by atoms with Gasteiger partial charge in [-0.3, -0.25) is 0 Å². The molecule has 2 aliphatic rings. The monoisotopic (exact) mass is 283 g/mol. The Hall–Kier alpha value is -1.68. The van der Waals surface area contributed by atoms with E-state index in [1.54, 1.807) is 0 Å². The van der Waals surface area contributed by atoms with Gasteiger partial charge in [0.25, 0.3) is 5.89 Å². The van der Waals surface area contributed by atoms with Crippen LogP contribution >= 0.6 is 0 Å². The number of aromatic nitrogens is 2. The summed E-state index contributed by atoms with van der Waals surface area (Å²) in [6, 6.07) is 8.26. The predicted molar refractivity (Wildman–Crippen MR) is 80.7 cm³/mol. The third kappa shape index (κ3) is 2.38. The molecule has 4 rings (SSSR count). The lowest BCUT2D eigenvalue weighted by Gasteiger charge is -2.17. The van der Waals surface area contributed by atoms with Crippen molar-refractivity contribution >= 4 is 0 Å². The first-order valence-electron chi connectivity index (χ1n) is 7.96. The van der Waals surface area contributed by atoms with Crippen molar-refractivity contribution in [3.05, 3.63) is 35.7 Å². The fraction of sp³-hybridized carbons (Fsp3) is 0.529. The van der Waals surface area contributed by atoms with E-state index in [2.05, 4.69) is 22.3 Å². The van der Waals surface area contributed by atoms with E-state index in [-0.39, 0.29) is 0 Å². The lowest BCUT2D eigenvalue weighted by atomic mass is 9.88. The predicted octanol–water partition coefficient (Wildman–Crippen LogP) is 3.14. The van der Waals surface area contributed by atoms with Crippen molar-refractivity contribution in [2.24, 2.45) is 17.6 Å². The van der Waals surface area contributed by atoms with Crippen molar-refractivity contribution in [1.29, 1.82) is 0 Å². The molecule has 0 spiro atoms. The van der Waals surface area contributed by atoms with Gasteiger partial charge in [0.2, 0.25) is 0 Å². The lowest BCUT2D eigenvalue weighted by Crippen LogP contribution is -2.09. The quantitative estimate of drug-likeness (QED) is 0.936. The fourth-order valence-corrected chi connectivity index (χ4v) is 4.04. The molecule has 0 saturated heterocycles. The van der Waals surface area contributed by atoms with Crippen LogP contribution in [-0.4, -0.2) is 16.7 Å². The Morgan fingerprint density at radius 3 is 2.67 bits per heavy atom. The Morgan fingerprint density at radius 2 is 2.00 bits per heavy atom. The van der Waals surface area contributed by atoms with Gasteiger partial charge < -0.3 is 10.3 Å². The standard InChI is InChI=1S/C17H21N3O/c18-8-7-11-1-4-13(5-2-11)17-19-16(20-21-17)15-10-12-3-6-14(15)9-12/h1-2,4-5,12,14-15H,3,6-10,18H2. The molecule has 4 heteroatoms.